The zero-order chi connectivity index (χ0) is 21.8. The molecule has 1 N–H and O–H groups in total. The highest BCUT2D eigenvalue weighted by Gasteiger charge is 2.33. The molecule has 0 spiro atoms. The van der Waals surface area contributed by atoms with Gasteiger partial charge in [-0.25, -0.2) is 0 Å². The second kappa shape index (κ2) is 13.2. The first-order chi connectivity index (χ1) is 14.5. The molecule has 1 aromatic rings. The Morgan fingerprint density at radius 1 is 1.17 bits per heavy atom. The number of unbranched alkanes of at least 4 members (excludes halogenated alkanes) is 5. The summed E-state index contributed by atoms with van der Waals surface area (Å²) in [5.41, 5.74) is 1.64. The van der Waals surface area contributed by atoms with Crippen molar-refractivity contribution in [3.63, 3.8) is 0 Å². The Morgan fingerprint density at radius 3 is 2.57 bits per heavy atom. The van der Waals surface area contributed by atoms with Crippen molar-refractivity contribution in [2.75, 3.05) is 33.4 Å². The van der Waals surface area contributed by atoms with Gasteiger partial charge in [0.05, 0.1) is 18.1 Å². The van der Waals surface area contributed by atoms with Crippen LogP contribution in [0.1, 0.15) is 50.5 Å². The third kappa shape index (κ3) is 7.77. The SMILES string of the molecule is C=CCN(C)CCCCCCCCOc1ccccc1C1(Cl)C=CC(CO)=C(Cl)C1. The number of aliphatic hydroxyl groups excluding tert-OH is 1. The zero-order valence-electron chi connectivity index (χ0n) is 18.1. The molecule has 0 aromatic heterocycles. The number of alkyl halides is 1. The van der Waals surface area contributed by atoms with Crippen molar-refractivity contribution in [1.82, 2.24) is 4.90 Å². The number of hydrogen-bond donors (Lipinski definition) is 1. The predicted octanol–water partition coefficient (Wildman–Crippen LogP) is 6.40. The summed E-state index contributed by atoms with van der Waals surface area (Å²) < 4.78 is 6.09. The largest absolute Gasteiger partial charge is 0.493 e. The first-order valence-electron chi connectivity index (χ1n) is 10.9. The second-order valence-electron chi connectivity index (χ2n) is 7.98. The van der Waals surface area contributed by atoms with E-state index in [0.717, 1.165) is 36.4 Å². The van der Waals surface area contributed by atoms with Gasteiger partial charge in [0.1, 0.15) is 5.75 Å². The summed E-state index contributed by atoms with van der Waals surface area (Å²) >= 11 is 13.2. The minimum atomic E-state index is -0.745. The lowest BCUT2D eigenvalue weighted by atomic mass is 9.88. The summed E-state index contributed by atoms with van der Waals surface area (Å²) in [4.78, 5) is 1.56. The van der Waals surface area contributed by atoms with Crippen LogP contribution in [0.2, 0.25) is 0 Å². The first kappa shape index (κ1) is 25.0. The average Bonchev–Trinajstić information content (AvgIpc) is 2.73. The molecule has 0 radical (unpaired) electrons. The second-order valence-corrected chi connectivity index (χ2v) is 9.11. The molecule has 166 valence electrons. The van der Waals surface area contributed by atoms with E-state index < -0.39 is 4.87 Å². The van der Waals surface area contributed by atoms with Crippen LogP contribution in [0.15, 0.2) is 59.7 Å². The topological polar surface area (TPSA) is 32.7 Å². The van der Waals surface area contributed by atoms with Crippen molar-refractivity contribution in [3.8, 4) is 5.75 Å². The number of benzene rings is 1. The minimum absolute atomic E-state index is 0.0774. The van der Waals surface area contributed by atoms with Crippen molar-refractivity contribution >= 4 is 23.2 Å². The summed E-state index contributed by atoms with van der Waals surface area (Å²) in [6.07, 6.45) is 13.3. The Hall–Kier alpha value is -1.26. The number of para-hydroxylation sites is 1. The Balaban J connectivity index is 1.73. The molecule has 30 heavy (non-hydrogen) atoms. The fourth-order valence-electron chi connectivity index (χ4n) is 3.67. The van der Waals surface area contributed by atoms with Gasteiger partial charge in [0.25, 0.3) is 0 Å². The molecule has 0 saturated carbocycles. The van der Waals surface area contributed by atoms with Crippen molar-refractivity contribution < 1.29 is 9.84 Å². The van der Waals surface area contributed by atoms with Gasteiger partial charge < -0.3 is 14.7 Å². The van der Waals surface area contributed by atoms with E-state index in [2.05, 4.69) is 18.5 Å². The molecule has 0 heterocycles. The van der Waals surface area contributed by atoms with E-state index in [1.54, 1.807) is 0 Å². The predicted molar refractivity (Wildman–Crippen MR) is 129 cm³/mol. The molecule has 0 fully saturated rings. The summed E-state index contributed by atoms with van der Waals surface area (Å²) in [5.74, 6) is 0.805. The van der Waals surface area contributed by atoms with E-state index in [1.807, 2.05) is 42.5 Å². The van der Waals surface area contributed by atoms with Crippen LogP contribution < -0.4 is 4.74 Å². The first-order valence-corrected chi connectivity index (χ1v) is 11.6. The zero-order valence-corrected chi connectivity index (χ0v) is 19.6. The summed E-state index contributed by atoms with van der Waals surface area (Å²) in [6.45, 7) is 6.48. The van der Waals surface area contributed by atoms with Crippen molar-refractivity contribution in [1.29, 1.82) is 0 Å². The Kier molecular flexibility index (Phi) is 11.0. The van der Waals surface area contributed by atoms with Gasteiger partial charge in [0, 0.05) is 23.6 Å². The summed E-state index contributed by atoms with van der Waals surface area (Å²) in [5, 5.41) is 9.97. The molecule has 0 aliphatic heterocycles. The molecule has 0 saturated heterocycles. The number of ether oxygens (including phenoxy) is 1. The number of halogens is 2. The maximum absolute atomic E-state index is 9.37. The van der Waals surface area contributed by atoms with Gasteiger partial charge in [-0.2, -0.15) is 0 Å². The number of aliphatic hydroxyl groups is 1. The monoisotopic (exact) mass is 451 g/mol. The van der Waals surface area contributed by atoms with Gasteiger partial charge >= 0.3 is 0 Å². The van der Waals surface area contributed by atoms with Gasteiger partial charge in [-0.3, -0.25) is 0 Å². The molecule has 5 heteroatoms. The molecule has 1 unspecified atom stereocenters. The summed E-state index contributed by atoms with van der Waals surface area (Å²) in [7, 11) is 2.14. The highest BCUT2D eigenvalue weighted by atomic mass is 35.5. The molecule has 2 rings (SSSR count). The fraction of sp³-hybridized carbons (Fsp3) is 0.520. The molecule has 3 nitrogen and oxygen atoms in total. The third-order valence-corrected chi connectivity index (χ3v) is 6.29. The Morgan fingerprint density at radius 2 is 1.87 bits per heavy atom. The summed E-state index contributed by atoms with van der Waals surface area (Å²) in [6, 6.07) is 7.88. The van der Waals surface area contributed by atoms with E-state index in [9.17, 15) is 5.11 Å². The molecule has 0 amide bonds. The number of likely N-dealkylation sites (N-methyl/N-ethyl adjacent to an activating group) is 1. The molecular weight excluding hydrogens is 417 g/mol. The maximum Gasteiger partial charge on any atom is 0.124 e. The van der Waals surface area contributed by atoms with Crippen molar-refractivity contribution in [3.05, 3.63) is 65.2 Å². The minimum Gasteiger partial charge on any atom is -0.493 e. The lowest BCUT2D eigenvalue weighted by molar-refractivity contribution is 0.298. The van der Waals surface area contributed by atoms with Gasteiger partial charge in [-0.1, -0.05) is 73.7 Å². The molecule has 1 atom stereocenters. The molecule has 1 aliphatic rings. The van der Waals surface area contributed by atoms with E-state index in [1.165, 1.54) is 32.1 Å². The Bertz CT molecular complexity index is 732. The fourth-order valence-corrected chi connectivity index (χ4v) is 4.42. The van der Waals surface area contributed by atoms with Crippen LogP contribution >= 0.6 is 23.2 Å². The lowest BCUT2D eigenvalue weighted by Gasteiger charge is -2.29. The van der Waals surface area contributed by atoms with Crippen LogP contribution in [0.3, 0.4) is 0 Å². The standard InChI is InChI=1S/C25H35Cl2NO2/c1-3-16-28(2)17-10-6-4-5-7-11-18-30-24-13-9-8-12-22(24)25(27)15-14-21(20-29)23(26)19-25/h3,8-9,12-15,29H,1,4-7,10-11,16-20H2,2H3. The van der Waals surface area contributed by atoms with Gasteiger partial charge in [0.15, 0.2) is 0 Å². The molecule has 1 aliphatic carbocycles. The molecule has 0 bridgehead atoms. The number of nitrogens with zero attached hydrogens (tertiary/aromatic N) is 1. The van der Waals surface area contributed by atoms with Gasteiger partial charge in [-0.15, -0.1) is 18.2 Å². The van der Waals surface area contributed by atoms with Gasteiger partial charge in [0.2, 0.25) is 0 Å². The number of allylic oxidation sites excluding steroid dienone is 2. The maximum atomic E-state index is 9.37. The van der Waals surface area contributed by atoms with Crippen LogP contribution in [0.5, 0.6) is 5.75 Å². The molecule has 1 aromatic carbocycles. The van der Waals surface area contributed by atoms with Crippen LogP contribution in [-0.2, 0) is 4.87 Å². The van der Waals surface area contributed by atoms with E-state index in [0.29, 0.717) is 18.1 Å². The third-order valence-electron chi connectivity index (χ3n) is 5.45. The lowest BCUT2D eigenvalue weighted by Crippen LogP contribution is -2.21. The highest BCUT2D eigenvalue weighted by molar-refractivity contribution is 6.32. The van der Waals surface area contributed by atoms with Crippen molar-refractivity contribution in [2.45, 2.75) is 49.8 Å². The van der Waals surface area contributed by atoms with Crippen LogP contribution in [0, 0.1) is 0 Å². The van der Waals surface area contributed by atoms with Crippen LogP contribution in [0.25, 0.3) is 0 Å². The quantitative estimate of drug-likeness (QED) is 0.201. The average molecular weight is 452 g/mol. The van der Waals surface area contributed by atoms with Crippen LogP contribution in [-0.4, -0.2) is 43.4 Å². The smallest absolute Gasteiger partial charge is 0.124 e. The van der Waals surface area contributed by atoms with Crippen LogP contribution in [0.4, 0.5) is 0 Å². The number of rotatable bonds is 14. The van der Waals surface area contributed by atoms with E-state index in [4.69, 9.17) is 27.9 Å². The van der Waals surface area contributed by atoms with Gasteiger partial charge in [-0.05, 0) is 38.1 Å². The van der Waals surface area contributed by atoms with E-state index in [-0.39, 0.29) is 6.61 Å². The normalized spacial score (nSPS) is 18.8. The highest BCUT2D eigenvalue weighted by Crippen LogP contribution is 2.45. The van der Waals surface area contributed by atoms with Crippen molar-refractivity contribution in [2.24, 2.45) is 0 Å². The molecular formula is C25H35Cl2NO2. The number of hydrogen-bond acceptors (Lipinski definition) is 3. The van der Waals surface area contributed by atoms with E-state index >= 15 is 0 Å². The Labute approximate surface area is 192 Å².